The molecule has 0 aliphatic rings. The number of hydrogen-bond acceptors (Lipinski definition) is 2. The number of anilines is 1. The fourth-order valence-electron chi connectivity index (χ4n) is 2.11. The van der Waals surface area contributed by atoms with Gasteiger partial charge in [-0.05, 0) is 34.7 Å². The van der Waals surface area contributed by atoms with Crippen molar-refractivity contribution in [1.29, 1.82) is 0 Å². The second kappa shape index (κ2) is 5.90. The number of hydrogen-bond donors (Lipinski definition) is 1. The number of nitrogens with two attached hydrogens (primary N) is 1. The Bertz CT molecular complexity index is 654. The van der Waals surface area contributed by atoms with Crippen molar-refractivity contribution in [1.82, 2.24) is 0 Å². The van der Waals surface area contributed by atoms with E-state index in [1.54, 1.807) is 18.2 Å². The molecule has 2 rings (SSSR count). The van der Waals surface area contributed by atoms with E-state index >= 15 is 0 Å². The lowest BCUT2D eigenvalue weighted by Crippen LogP contribution is -2.11. The van der Waals surface area contributed by atoms with E-state index in [0.29, 0.717) is 22.7 Å². The van der Waals surface area contributed by atoms with Gasteiger partial charge in [-0.25, -0.2) is 0 Å². The highest BCUT2D eigenvalue weighted by Gasteiger charge is 2.14. The molecular weight excluding hydrogens is 282 g/mol. The summed E-state index contributed by atoms with van der Waals surface area (Å²) in [5.74, 6) is 0.0420. The Hall–Kier alpha value is -1.80. The lowest BCUT2D eigenvalue weighted by Gasteiger charge is -2.19. The third-order valence-corrected chi connectivity index (χ3v) is 3.83. The Kier molecular flexibility index (Phi) is 4.38. The van der Waals surface area contributed by atoms with Crippen molar-refractivity contribution in [2.24, 2.45) is 0 Å². The second-order valence-electron chi connectivity index (χ2n) is 6.28. The molecule has 0 atom stereocenters. The summed E-state index contributed by atoms with van der Waals surface area (Å²) >= 11 is 5.95. The molecule has 0 bridgehead atoms. The van der Waals surface area contributed by atoms with Gasteiger partial charge in [-0.2, -0.15) is 0 Å². The molecule has 2 N–H and O–H groups in total. The van der Waals surface area contributed by atoms with Gasteiger partial charge in [-0.15, -0.1) is 0 Å². The number of benzene rings is 2. The van der Waals surface area contributed by atoms with E-state index in [0.717, 1.165) is 5.56 Å². The van der Waals surface area contributed by atoms with E-state index in [9.17, 15) is 4.79 Å². The van der Waals surface area contributed by atoms with Crippen molar-refractivity contribution in [3.8, 4) is 0 Å². The highest BCUT2D eigenvalue weighted by atomic mass is 35.5. The predicted octanol–water partition coefficient (Wildman–Crippen LogP) is 4.65. The van der Waals surface area contributed by atoms with Gasteiger partial charge in [0.05, 0.1) is 10.7 Å². The van der Waals surface area contributed by atoms with Crippen molar-refractivity contribution in [3.63, 3.8) is 0 Å². The van der Waals surface area contributed by atoms with Crippen LogP contribution in [-0.4, -0.2) is 5.78 Å². The summed E-state index contributed by atoms with van der Waals surface area (Å²) < 4.78 is 0. The zero-order valence-corrected chi connectivity index (χ0v) is 13.4. The number of carbonyl (C=O) groups excluding carboxylic acids is 1. The molecule has 0 aliphatic carbocycles. The van der Waals surface area contributed by atoms with Gasteiger partial charge in [-0.3, -0.25) is 4.79 Å². The van der Waals surface area contributed by atoms with Gasteiger partial charge in [0.2, 0.25) is 0 Å². The minimum absolute atomic E-state index is 0.0420. The van der Waals surface area contributed by atoms with Crippen molar-refractivity contribution in [2.45, 2.75) is 32.6 Å². The number of carbonyl (C=O) groups is 1. The maximum atomic E-state index is 12.3. The molecule has 0 unspecified atom stereocenters. The third kappa shape index (κ3) is 3.85. The van der Waals surface area contributed by atoms with Gasteiger partial charge < -0.3 is 5.73 Å². The molecule has 0 radical (unpaired) electrons. The van der Waals surface area contributed by atoms with Crippen molar-refractivity contribution >= 4 is 23.1 Å². The van der Waals surface area contributed by atoms with Crippen LogP contribution in [0.4, 0.5) is 5.69 Å². The molecule has 110 valence electrons. The molecule has 2 aromatic carbocycles. The molecule has 0 saturated carbocycles. The molecule has 3 heteroatoms. The summed E-state index contributed by atoms with van der Waals surface area (Å²) in [6.07, 6.45) is 0.366. The average molecular weight is 302 g/mol. The summed E-state index contributed by atoms with van der Waals surface area (Å²) in [6, 6.07) is 13.2. The minimum Gasteiger partial charge on any atom is -0.398 e. The van der Waals surface area contributed by atoms with Gasteiger partial charge in [0.15, 0.2) is 5.78 Å². The largest absolute Gasteiger partial charge is 0.398 e. The number of Topliss-reactive ketones (excluding diaryl/α,β-unsaturated/α-hetero) is 1. The van der Waals surface area contributed by atoms with Crippen LogP contribution in [0.1, 0.15) is 42.3 Å². The third-order valence-electron chi connectivity index (χ3n) is 3.51. The molecule has 21 heavy (non-hydrogen) atoms. The molecule has 0 fully saturated rings. The first-order valence-corrected chi connectivity index (χ1v) is 7.33. The highest BCUT2D eigenvalue weighted by Crippen LogP contribution is 2.23. The Morgan fingerprint density at radius 1 is 1.10 bits per heavy atom. The van der Waals surface area contributed by atoms with Crippen LogP contribution >= 0.6 is 11.6 Å². The quantitative estimate of drug-likeness (QED) is 0.662. The Morgan fingerprint density at radius 3 is 2.24 bits per heavy atom. The topological polar surface area (TPSA) is 43.1 Å². The number of rotatable bonds is 3. The fraction of sp³-hybridized carbons (Fsp3) is 0.278. The van der Waals surface area contributed by atoms with E-state index in [1.807, 2.05) is 12.1 Å². The van der Waals surface area contributed by atoms with E-state index < -0.39 is 0 Å². The van der Waals surface area contributed by atoms with Crippen LogP contribution in [0.3, 0.4) is 0 Å². The van der Waals surface area contributed by atoms with Crippen LogP contribution in [-0.2, 0) is 11.8 Å². The lowest BCUT2D eigenvalue weighted by molar-refractivity contribution is 0.0993. The molecular formula is C18H20ClNO. The van der Waals surface area contributed by atoms with E-state index in [-0.39, 0.29) is 11.2 Å². The molecule has 0 spiro atoms. The fourth-order valence-corrected chi connectivity index (χ4v) is 2.29. The second-order valence-corrected chi connectivity index (χ2v) is 6.69. The number of ketones is 1. The zero-order valence-electron chi connectivity index (χ0n) is 12.6. The first-order valence-electron chi connectivity index (χ1n) is 6.95. The van der Waals surface area contributed by atoms with Crippen LogP contribution in [0.5, 0.6) is 0 Å². The van der Waals surface area contributed by atoms with Crippen molar-refractivity contribution in [3.05, 3.63) is 64.2 Å². The molecule has 0 aromatic heterocycles. The maximum absolute atomic E-state index is 12.3. The van der Waals surface area contributed by atoms with Gasteiger partial charge in [0.25, 0.3) is 0 Å². The SMILES string of the molecule is CC(C)(C)c1ccc(CC(=O)c2ccc(N)c(Cl)c2)cc1. The first-order chi connectivity index (χ1) is 9.77. The van der Waals surface area contributed by atoms with Crippen LogP contribution in [0, 0.1) is 0 Å². The molecule has 2 nitrogen and oxygen atoms in total. The highest BCUT2D eigenvalue weighted by molar-refractivity contribution is 6.33. The van der Waals surface area contributed by atoms with Crippen LogP contribution < -0.4 is 5.73 Å². The van der Waals surface area contributed by atoms with Crippen molar-refractivity contribution in [2.75, 3.05) is 5.73 Å². The normalized spacial score (nSPS) is 11.4. The summed E-state index contributed by atoms with van der Waals surface area (Å²) in [5.41, 5.74) is 9.11. The lowest BCUT2D eigenvalue weighted by atomic mass is 9.86. The van der Waals surface area contributed by atoms with Gasteiger partial charge in [-0.1, -0.05) is 56.6 Å². The number of nitrogen functional groups attached to an aromatic ring is 1. The van der Waals surface area contributed by atoms with Gasteiger partial charge >= 0.3 is 0 Å². The van der Waals surface area contributed by atoms with Gasteiger partial charge in [0, 0.05) is 12.0 Å². The van der Waals surface area contributed by atoms with Crippen LogP contribution in [0.25, 0.3) is 0 Å². The summed E-state index contributed by atoms with van der Waals surface area (Å²) in [4.78, 5) is 12.3. The Labute approximate surface area is 130 Å². The first kappa shape index (κ1) is 15.6. The van der Waals surface area contributed by atoms with Crippen LogP contribution in [0.15, 0.2) is 42.5 Å². The molecule has 0 heterocycles. The van der Waals surface area contributed by atoms with E-state index in [1.165, 1.54) is 5.56 Å². The molecule has 2 aromatic rings. The predicted molar refractivity (Wildman–Crippen MR) is 89.0 cm³/mol. The summed E-state index contributed by atoms with van der Waals surface area (Å²) in [5, 5.41) is 0.420. The standard InChI is InChI=1S/C18H20ClNO/c1-18(2,3)14-7-4-12(5-8-14)10-17(21)13-6-9-16(20)15(19)11-13/h4-9,11H,10,20H2,1-3H3. The molecule has 0 aliphatic heterocycles. The van der Waals surface area contributed by atoms with E-state index in [2.05, 4.69) is 32.9 Å². The van der Waals surface area contributed by atoms with Crippen molar-refractivity contribution < 1.29 is 4.79 Å². The van der Waals surface area contributed by atoms with E-state index in [4.69, 9.17) is 17.3 Å². The van der Waals surface area contributed by atoms with Gasteiger partial charge in [0.1, 0.15) is 0 Å². The minimum atomic E-state index is 0.0420. The molecule has 0 saturated heterocycles. The number of halogens is 1. The monoisotopic (exact) mass is 301 g/mol. The average Bonchev–Trinajstić information content (AvgIpc) is 2.41. The Balaban J connectivity index is 2.14. The summed E-state index contributed by atoms with van der Waals surface area (Å²) in [6.45, 7) is 6.51. The Morgan fingerprint density at radius 2 is 1.71 bits per heavy atom. The van der Waals surface area contributed by atoms with Crippen LogP contribution in [0.2, 0.25) is 5.02 Å². The summed E-state index contributed by atoms with van der Waals surface area (Å²) in [7, 11) is 0. The maximum Gasteiger partial charge on any atom is 0.167 e. The molecule has 0 amide bonds. The smallest absolute Gasteiger partial charge is 0.167 e. The zero-order chi connectivity index (χ0) is 15.6.